The van der Waals surface area contributed by atoms with E-state index in [0.29, 0.717) is 29.9 Å². The van der Waals surface area contributed by atoms with Gasteiger partial charge < -0.3 is 26.7 Å². The van der Waals surface area contributed by atoms with Gasteiger partial charge in [-0.2, -0.15) is 0 Å². The average molecular weight is 465 g/mol. The highest BCUT2D eigenvalue weighted by molar-refractivity contribution is 6.30. The molecule has 1 atom stereocenters. The summed E-state index contributed by atoms with van der Waals surface area (Å²) in [6, 6.07) is 9.00. The normalized spacial score (nSPS) is 14.2. The van der Waals surface area contributed by atoms with E-state index < -0.39 is 0 Å². The van der Waals surface area contributed by atoms with Crippen molar-refractivity contribution < 1.29 is 4.79 Å². The first-order valence-corrected chi connectivity index (χ1v) is 10.8. The van der Waals surface area contributed by atoms with Crippen LogP contribution in [0.2, 0.25) is 5.02 Å². The Bertz CT molecular complexity index is 1230. The maximum Gasteiger partial charge on any atom is 0.329 e. The van der Waals surface area contributed by atoms with Gasteiger partial charge in [0.05, 0.1) is 18.3 Å². The number of halogens is 1. The Morgan fingerprint density at radius 2 is 2.21 bits per heavy atom. The fourth-order valence-electron chi connectivity index (χ4n) is 3.90. The van der Waals surface area contributed by atoms with E-state index >= 15 is 0 Å². The largest absolute Gasteiger partial charge is 0.375 e. The summed E-state index contributed by atoms with van der Waals surface area (Å²) in [4.78, 5) is 23.9. The first-order valence-electron chi connectivity index (χ1n) is 10.4. The highest BCUT2D eigenvalue weighted by Crippen LogP contribution is 2.33. The van der Waals surface area contributed by atoms with Crippen molar-refractivity contribution in [3.63, 3.8) is 0 Å². The molecule has 170 valence electrons. The number of benzene rings is 1. The summed E-state index contributed by atoms with van der Waals surface area (Å²) in [5, 5.41) is 13.8. The Kier molecular flexibility index (Phi) is 6.43. The Balaban J connectivity index is 1.61. The molecular weight excluding hydrogens is 440 g/mol. The van der Waals surface area contributed by atoms with Gasteiger partial charge in [0.2, 0.25) is 5.95 Å². The predicted octanol–water partition coefficient (Wildman–Crippen LogP) is 3.51. The second-order valence-corrected chi connectivity index (χ2v) is 8.09. The SMILES string of the molecule is CN/C(=C\C=N)Nc1ncc(C)c(-c2cc3n(c2)C(=O)N(C(CN)c2cccc(Cl)c2)C3)n1. The van der Waals surface area contributed by atoms with Crippen molar-refractivity contribution in [2.75, 3.05) is 18.9 Å². The molecule has 4 rings (SSSR count). The van der Waals surface area contributed by atoms with E-state index in [1.807, 2.05) is 31.2 Å². The fourth-order valence-corrected chi connectivity index (χ4v) is 4.10. The molecule has 0 spiro atoms. The van der Waals surface area contributed by atoms with Crippen LogP contribution in [0.1, 0.15) is 22.9 Å². The Morgan fingerprint density at radius 1 is 1.39 bits per heavy atom. The minimum atomic E-state index is -0.267. The molecule has 1 aliphatic heterocycles. The summed E-state index contributed by atoms with van der Waals surface area (Å²) in [5.41, 5.74) is 10.2. The van der Waals surface area contributed by atoms with Gasteiger partial charge in [-0.15, -0.1) is 0 Å². The molecule has 0 fully saturated rings. The number of carbonyl (C=O) groups excluding carboxylic acids is 1. The lowest BCUT2D eigenvalue weighted by atomic mass is 10.1. The van der Waals surface area contributed by atoms with Crippen LogP contribution in [0.5, 0.6) is 0 Å². The number of nitrogens with two attached hydrogens (primary N) is 1. The third-order valence-electron chi connectivity index (χ3n) is 5.53. The van der Waals surface area contributed by atoms with Gasteiger partial charge in [-0.1, -0.05) is 23.7 Å². The van der Waals surface area contributed by atoms with E-state index in [2.05, 4.69) is 20.6 Å². The number of rotatable bonds is 8. The number of nitrogens with zero attached hydrogens (tertiary/aromatic N) is 4. The number of carbonyl (C=O) groups is 1. The molecule has 2 aromatic heterocycles. The third kappa shape index (κ3) is 4.46. The smallest absolute Gasteiger partial charge is 0.329 e. The van der Waals surface area contributed by atoms with Crippen molar-refractivity contribution in [1.82, 2.24) is 24.8 Å². The average Bonchev–Trinajstić information content (AvgIpc) is 3.35. The van der Waals surface area contributed by atoms with E-state index in [1.54, 1.807) is 41.1 Å². The quantitative estimate of drug-likeness (QED) is 0.378. The van der Waals surface area contributed by atoms with Crippen LogP contribution in [-0.4, -0.2) is 45.3 Å². The van der Waals surface area contributed by atoms with Crippen LogP contribution in [0.15, 0.2) is 54.6 Å². The molecule has 0 saturated carbocycles. The highest BCUT2D eigenvalue weighted by atomic mass is 35.5. The summed E-state index contributed by atoms with van der Waals surface area (Å²) in [7, 11) is 1.74. The van der Waals surface area contributed by atoms with Gasteiger partial charge in [-0.05, 0) is 42.3 Å². The molecule has 3 heterocycles. The molecular formula is C23H25ClN8O. The van der Waals surface area contributed by atoms with E-state index in [1.165, 1.54) is 6.21 Å². The van der Waals surface area contributed by atoms with Crippen LogP contribution >= 0.6 is 11.6 Å². The van der Waals surface area contributed by atoms with E-state index in [9.17, 15) is 4.79 Å². The van der Waals surface area contributed by atoms with Crippen molar-refractivity contribution in [2.45, 2.75) is 19.5 Å². The topological polar surface area (TPSA) is 125 Å². The summed E-state index contributed by atoms with van der Waals surface area (Å²) < 4.78 is 1.64. The van der Waals surface area contributed by atoms with Gasteiger partial charge in [0, 0.05) is 48.5 Å². The van der Waals surface area contributed by atoms with Crippen molar-refractivity contribution in [3.05, 3.63) is 76.5 Å². The van der Waals surface area contributed by atoms with Crippen LogP contribution in [0.3, 0.4) is 0 Å². The molecule has 5 N–H and O–H groups in total. The molecule has 1 aromatic carbocycles. The molecule has 10 heteroatoms. The number of amides is 1. The second-order valence-electron chi connectivity index (χ2n) is 7.65. The standard InChI is InChI=1S/C23H25ClN8O/c1-14-11-28-22(29-20(27-2)6-7-25)30-21(14)16-9-18-13-32(23(33)31(18)12-16)19(10-26)15-4-3-5-17(24)8-15/h3-9,11-12,19,25,27H,10,13,26H2,1-2H3,(H,28,29,30)/b20-6+,25-7?. The first kappa shape index (κ1) is 22.5. The zero-order valence-electron chi connectivity index (χ0n) is 18.3. The number of anilines is 1. The number of nitrogens with one attached hydrogen (secondary N) is 3. The molecule has 0 bridgehead atoms. The summed E-state index contributed by atoms with van der Waals surface area (Å²) in [6.07, 6.45) is 6.26. The van der Waals surface area contributed by atoms with Crippen molar-refractivity contribution in [2.24, 2.45) is 5.73 Å². The summed E-state index contributed by atoms with van der Waals surface area (Å²) in [5.74, 6) is 0.986. The van der Waals surface area contributed by atoms with Gasteiger partial charge in [-0.25, -0.2) is 14.8 Å². The van der Waals surface area contributed by atoms with Crippen molar-refractivity contribution in [3.8, 4) is 11.3 Å². The lowest BCUT2D eigenvalue weighted by Gasteiger charge is -2.26. The number of hydrogen-bond acceptors (Lipinski definition) is 7. The fraction of sp³-hybridized carbons (Fsp3) is 0.217. The highest BCUT2D eigenvalue weighted by Gasteiger charge is 2.33. The zero-order chi connectivity index (χ0) is 23.5. The van der Waals surface area contributed by atoms with Gasteiger partial charge in [0.1, 0.15) is 5.82 Å². The molecule has 3 aromatic rings. The number of allylic oxidation sites excluding steroid dienone is 1. The summed E-state index contributed by atoms with van der Waals surface area (Å²) in [6.45, 7) is 2.65. The molecule has 1 amide bonds. The van der Waals surface area contributed by atoms with Crippen LogP contribution in [0.4, 0.5) is 10.7 Å². The number of aromatic nitrogens is 3. The van der Waals surface area contributed by atoms with Crippen LogP contribution in [-0.2, 0) is 6.54 Å². The summed E-state index contributed by atoms with van der Waals surface area (Å²) >= 11 is 6.15. The van der Waals surface area contributed by atoms with E-state index in [0.717, 1.165) is 28.1 Å². The van der Waals surface area contributed by atoms with Gasteiger partial charge in [-0.3, -0.25) is 4.57 Å². The first-order chi connectivity index (χ1) is 15.9. The number of aryl methyl sites for hydroxylation is 1. The number of fused-ring (bicyclic) bond motifs is 1. The zero-order valence-corrected chi connectivity index (χ0v) is 19.1. The van der Waals surface area contributed by atoms with Gasteiger partial charge in [0.15, 0.2) is 0 Å². The lowest BCUT2D eigenvalue weighted by Crippen LogP contribution is -2.35. The molecule has 0 saturated heterocycles. The molecule has 9 nitrogen and oxygen atoms in total. The van der Waals surface area contributed by atoms with E-state index in [-0.39, 0.29) is 12.1 Å². The van der Waals surface area contributed by atoms with Crippen molar-refractivity contribution in [1.29, 1.82) is 5.41 Å². The van der Waals surface area contributed by atoms with Gasteiger partial charge >= 0.3 is 6.03 Å². The third-order valence-corrected chi connectivity index (χ3v) is 5.76. The lowest BCUT2D eigenvalue weighted by molar-refractivity contribution is 0.188. The maximum absolute atomic E-state index is 13.2. The monoisotopic (exact) mass is 464 g/mol. The Labute approximate surface area is 196 Å². The minimum Gasteiger partial charge on any atom is -0.375 e. The minimum absolute atomic E-state index is 0.136. The molecule has 33 heavy (non-hydrogen) atoms. The van der Waals surface area contributed by atoms with Crippen LogP contribution in [0.25, 0.3) is 11.3 Å². The predicted molar refractivity (Wildman–Crippen MR) is 129 cm³/mol. The maximum atomic E-state index is 13.2. The second kappa shape index (κ2) is 9.43. The van der Waals surface area contributed by atoms with Crippen molar-refractivity contribution >= 4 is 29.8 Å². The van der Waals surface area contributed by atoms with Crippen LogP contribution in [0, 0.1) is 12.3 Å². The Hall–Kier alpha value is -3.69. The van der Waals surface area contributed by atoms with Crippen LogP contribution < -0.4 is 16.4 Å². The van der Waals surface area contributed by atoms with E-state index in [4.69, 9.17) is 22.7 Å². The molecule has 0 aliphatic carbocycles. The molecule has 0 radical (unpaired) electrons. The molecule has 1 aliphatic rings. The molecule has 1 unspecified atom stereocenters. The number of hydrogen-bond donors (Lipinski definition) is 4. The van der Waals surface area contributed by atoms with Gasteiger partial charge in [0.25, 0.3) is 0 Å². The Morgan fingerprint density at radius 3 is 2.88 bits per heavy atom.